The third-order valence-corrected chi connectivity index (χ3v) is 2.21. The molecule has 0 radical (unpaired) electrons. The molecule has 0 saturated carbocycles. The molecular weight excluding hydrogens is 136 g/mol. The van der Waals surface area contributed by atoms with Gasteiger partial charge in [0.2, 0.25) is 0 Å². The molecule has 1 heteroatoms. The van der Waals surface area contributed by atoms with Crippen molar-refractivity contribution in [2.45, 2.75) is 39.2 Å². The van der Waals surface area contributed by atoms with Crippen molar-refractivity contribution in [2.24, 2.45) is 5.92 Å². The largest absolute Gasteiger partial charge is 0.378 e. The fourth-order valence-electron chi connectivity index (χ4n) is 1.51. The minimum absolute atomic E-state index is 0.487. The summed E-state index contributed by atoms with van der Waals surface area (Å²) < 4.78 is 5.56. The van der Waals surface area contributed by atoms with E-state index in [1.54, 1.807) is 0 Å². The molecule has 0 bridgehead atoms. The number of allylic oxidation sites excluding steroid dienone is 1. The molecule has 0 spiro atoms. The maximum absolute atomic E-state index is 5.56. The predicted molar refractivity (Wildman–Crippen MR) is 47.6 cm³/mol. The Morgan fingerprint density at radius 1 is 1.45 bits per heavy atom. The molecule has 1 aliphatic carbocycles. The van der Waals surface area contributed by atoms with Gasteiger partial charge in [-0.1, -0.05) is 19.1 Å². The van der Waals surface area contributed by atoms with Crippen LogP contribution in [-0.4, -0.2) is 12.7 Å². The molecule has 1 aliphatic rings. The third kappa shape index (κ3) is 3.06. The summed E-state index contributed by atoms with van der Waals surface area (Å²) in [6, 6.07) is 0. The maximum atomic E-state index is 5.56. The Morgan fingerprint density at radius 3 is 3.00 bits per heavy atom. The summed E-state index contributed by atoms with van der Waals surface area (Å²) in [7, 11) is 0. The van der Waals surface area contributed by atoms with Crippen molar-refractivity contribution in [1.82, 2.24) is 0 Å². The second kappa shape index (κ2) is 4.55. The lowest BCUT2D eigenvalue weighted by Crippen LogP contribution is -2.11. The van der Waals surface area contributed by atoms with Gasteiger partial charge >= 0.3 is 0 Å². The van der Waals surface area contributed by atoms with Gasteiger partial charge in [-0.3, -0.25) is 0 Å². The van der Waals surface area contributed by atoms with Crippen LogP contribution >= 0.6 is 0 Å². The van der Waals surface area contributed by atoms with Crippen molar-refractivity contribution in [2.75, 3.05) is 6.61 Å². The summed E-state index contributed by atoms with van der Waals surface area (Å²) in [6.07, 6.45) is 8.67. The lowest BCUT2D eigenvalue weighted by molar-refractivity contribution is 0.0577. The van der Waals surface area contributed by atoms with Crippen molar-refractivity contribution in [3.05, 3.63) is 12.2 Å². The molecule has 11 heavy (non-hydrogen) atoms. The first-order valence-electron chi connectivity index (χ1n) is 4.61. The van der Waals surface area contributed by atoms with E-state index in [2.05, 4.69) is 26.0 Å². The number of ether oxygens (including phenoxy) is 1. The fraction of sp³-hybridized carbons (Fsp3) is 0.800. The van der Waals surface area contributed by atoms with Gasteiger partial charge in [0, 0.05) is 6.61 Å². The molecule has 0 aromatic carbocycles. The van der Waals surface area contributed by atoms with E-state index in [-0.39, 0.29) is 0 Å². The van der Waals surface area contributed by atoms with Crippen LogP contribution in [0.25, 0.3) is 0 Å². The standard InChI is InChI=1S/C10H18O/c1-3-11-10-6-4-5-9(2)7-8-10/h4-5,9-10H,3,6-8H2,1-2H3. The highest BCUT2D eigenvalue weighted by atomic mass is 16.5. The number of rotatable bonds is 2. The zero-order chi connectivity index (χ0) is 8.10. The maximum Gasteiger partial charge on any atom is 0.0609 e. The van der Waals surface area contributed by atoms with Crippen molar-refractivity contribution >= 4 is 0 Å². The van der Waals surface area contributed by atoms with Crippen LogP contribution in [0.15, 0.2) is 12.2 Å². The molecule has 64 valence electrons. The monoisotopic (exact) mass is 154 g/mol. The van der Waals surface area contributed by atoms with E-state index in [0.717, 1.165) is 18.9 Å². The van der Waals surface area contributed by atoms with Crippen LogP contribution in [0.2, 0.25) is 0 Å². The zero-order valence-electron chi connectivity index (χ0n) is 7.55. The molecular formula is C10H18O. The van der Waals surface area contributed by atoms with Crippen LogP contribution in [0.5, 0.6) is 0 Å². The molecule has 0 fully saturated rings. The van der Waals surface area contributed by atoms with Gasteiger partial charge in [0.15, 0.2) is 0 Å². The molecule has 1 nitrogen and oxygen atoms in total. The van der Waals surface area contributed by atoms with Crippen molar-refractivity contribution in [1.29, 1.82) is 0 Å². The number of hydrogen-bond acceptors (Lipinski definition) is 1. The first-order chi connectivity index (χ1) is 5.33. The average Bonchev–Trinajstić information content (AvgIpc) is 2.17. The van der Waals surface area contributed by atoms with Crippen molar-refractivity contribution in [3.8, 4) is 0 Å². The van der Waals surface area contributed by atoms with E-state index < -0.39 is 0 Å². The molecule has 0 aromatic heterocycles. The minimum atomic E-state index is 0.487. The van der Waals surface area contributed by atoms with E-state index >= 15 is 0 Å². The topological polar surface area (TPSA) is 9.23 Å². The summed E-state index contributed by atoms with van der Waals surface area (Å²) in [6.45, 7) is 5.19. The first kappa shape index (κ1) is 8.79. The molecule has 0 N–H and O–H groups in total. The van der Waals surface area contributed by atoms with E-state index in [0.29, 0.717) is 6.10 Å². The average molecular weight is 154 g/mol. The summed E-state index contributed by atoms with van der Waals surface area (Å²) in [4.78, 5) is 0. The van der Waals surface area contributed by atoms with Crippen LogP contribution in [0, 0.1) is 5.92 Å². The zero-order valence-corrected chi connectivity index (χ0v) is 7.55. The van der Waals surface area contributed by atoms with Crippen molar-refractivity contribution in [3.63, 3.8) is 0 Å². The van der Waals surface area contributed by atoms with E-state index in [1.807, 2.05) is 0 Å². The van der Waals surface area contributed by atoms with E-state index in [4.69, 9.17) is 4.74 Å². The lowest BCUT2D eigenvalue weighted by atomic mass is 10.1. The van der Waals surface area contributed by atoms with Gasteiger partial charge in [0.05, 0.1) is 6.10 Å². The van der Waals surface area contributed by atoms with Crippen LogP contribution < -0.4 is 0 Å². The molecule has 0 amide bonds. The van der Waals surface area contributed by atoms with Crippen LogP contribution in [0.1, 0.15) is 33.1 Å². The molecule has 2 unspecified atom stereocenters. The molecule has 0 heterocycles. The smallest absolute Gasteiger partial charge is 0.0609 e. The second-order valence-corrected chi connectivity index (χ2v) is 3.30. The van der Waals surface area contributed by atoms with Gasteiger partial charge < -0.3 is 4.74 Å². The molecule has 0 saturated heterocycles. The highest BCUT2D eigenvalue weighted by molar-refractivity contribution is 4.92. The van der Waals surface area contributed by atoms with Gasteiger partial charge in [0.1, 0.15) is 0 Å². The minimum Gasteiger partial charge on any atom is -0.378 e. The summed E-state index contributed by atoms with van der Waals surface area (Å²) in [5.41, 5.74) is 0. The van der Waals surface area contributed by atoms with Gasteiger partial charge in [-0.15, -0.1) is 0 Å². The fourth-order valence-corrected chi connectivity index (χ4v) is 1.51. The first-order valence-corrected chi connectivity index (χ1v) is 4.61. The Kier molecular flexibility index (Phi) is 3.64. The summed E-state index contributed by atoms with van der Waals surface area (Å²) in [5.74, 6) is 0.750. The third-order valence-electron chi connectivity index (χ3n) is 2.21. The highest BCUT2D eigenvalue weighted by Gasteiger charge is 2.11. The summed E-state index contributed by atoms with van der Waals surface area (Å²) >= 11 is 0. The van der Waals surface area contributed by atoms with Crippen LogP contribution in [-0.2, 0) is 4.74 Å². The highest BCUT2D eigenvalue weighted by Crippen LogP contribution is 2.18. The molecule has 0 aromatic rings. The second-order valence-electron chi connectivity index (χ2n) is 3.30. The Labute approximate surface area is 69.4 Å². The Morgan fingerprint density at radius 2 is 2.27 bits per heavy atom. The van der Waals surface area contributed by atoms with E-state index in [1.165, 1.54) is 12.8 Å². The Balaban J connectivity index is 2.31. The van der Waals surface area contributed by atoms with Gasteiger partial charge in [0.25, 0.3) is 0 Å². The molecule has 0 aliphatic heterocycles. The van der Waals surface area contributed by atoms with Crippen LogP contribution in [0.3, 0.4) is 0 Å². The SMILES string of the molecule is CCOC1CC=CC(C)CC1. The van der Waals surface area contributed by atoms with Crippen LogP contribution in [0.4, 0.5) is 0 Å². The molecule has 2 atom stereocenters. The lowest BCUT2D eigenvalue weighted by Gasteiger charge is -2.13. The quantitative estimate of drug-likeness (QED) is 0.556. The van der Waals surface area contributed by atoms with E-state index in [9.17, 15) is 0 Å². The Bertz CT molecular complexity index is 129. The van der Waals surface area contributed by atoms with Gasteiger partial charge in [-0.25, -0.2) is 0 Å². The predicted octanol–water partition coefficient (Wildman–Crippen LogP) is 2.77. The normalized spacial score (nSPS) is 31.8. The van der Waals surface area contributed by atoms with Gasteiger partial charge in [-0.2, -0.15) is 0 Å². The van der Waals surface area contributed by atoms with Gasteiger partial charge in [-0.05, 0) is 32.1 Å². The molecule has 1 rings (SSSR count). The van der Waals surface area contributed by atoms with Crippen molar-refractivity contribution < 1.29 is 4.74 Å². The Hall–Kier alpha value is -0.300. The summed E-state index contributed by atoms with van der Waals surface area (Å²) in [5, 5.41) is 0. The number of hydrogen-bond donors (Lipinski definition) is 0.